The normalized spacial score (nSPS) is 14.2. The second kappa shape index (κ2) is 7.73. The van der Waals surface area contributed by atoms with Crippen LogP contribution < -0.4 is 14.8 Å². The number of nitrogens with one attached hydrogen (secondary N) is 1. The lowest BCUT2D eigenvalue weighted by Gasteiger charge is -2.15. The summed E-state index contributed by atoms with van der Waals surface area (Å²) in [4.78, 5) is 24.6. The smallest absolute Gasteiger partial charge is 0.277 e. The molecule has 1 aromatic rings. The lowest BCUT2D eigenvalue weighted by molar-refractivity contribution is -0.137. The number of carbonyl (C=O) groups excluding carboxylic acids is 2. The van der Waals surface area contributed by atoms with Gasteiger partial charge in [0.1, 0.15) is 12.3 Å². The first-order chi connectivity index (χ1) is 11.5. The molecule has 0 fully saturated rings. The van der Waals surface area contributed by atoms with Crippen molar-refractivity contribution in [3.05, 3.63) is 30.0 Å². The summed E-state index contributed by atoms with van der Waals surface area (Å²) in [6, 6.07) is 4.41. The van der Waals surface area contributed by atoms with E-state index >= 15 is 0 Å². The zero-order valence-electron chi connectivity index (χ0n) is 12.8. The topological polar surface area (TPSA) is 88.1 Å². The molecule has 0 saturated heterocycles. The molecule has 1 aliphatic heterocycles. The van der Waals surface area contributed by atoms with Crippen molar-refractivity contribution < 1.29 is 33.0 Å². The molecule has 2 rings (SSSR count). The zero-order chi connectivity index (χ0) is 17.7. The van der Waals surface area contributed by atoms with Gasteiger partial charge in [-0.2, -0.15) is 0 Å². The summed E-state index contributed by atoms with van der Waals surface area (Å²) in [7, 11) is 1.37. The average Bonchev–Trinajstić information content (AvgIpc) is 2.81. The van der Waals surface area contributed by atoms with Crippen molar-refractivity contribution >= 4 is 17.5 Å². The van der Waals surface area contributed by atoms with Crippen LogP contribution in [-0.2, 0) is 9.59 Å². The predicted octanol–water partition coefficient (Wildman–Crippen LogP) is 0.996. The number of amides is 2. The van der Waals surface area contributed by atoms with Gasteiger partial charge in [-0.25, -0.2) is 8.78 Å². The Kier molecular flexibility index (Phi) is 5.69. The molecule has 7 nitrogen and oxygen atoms in total. The van der Waals surface area contributed by atoms with Gasteiger partial charge in [-0.05, 0) is 12.1 Å². The highest BCUT2D eigenvalue weighted by Gasteiger charge is 2.30. The Bertz CT molecular complexity index is 663. The van der Waals surface area contributed by atoms with Gasteiger partial charge in [0, 0.05) is 17.8 Å². The van der Waals surface area contributed by atoms with Crippen molar-refractivity contribution in [2.45, 2.75) is 6.43 Å². The van der Waals surface area contributed by atoms with Crippen LogP contribution in [0.5, 0.6) is 11.5 Å². The van der Waals surface area contributed by atoms with E-state index in [2.05, 4.69) is 5.32 Å². The zero-order valence-corrected chi connectivity index (χ0v) is 12.8. The number of alkyl halides is 2. The maximum absolute atomic E-state index is 12.3. The van der Waals surface area contributed by atoms with Crippen LogP contribution in [0.25, 0.3) is 0 Å². The first kappa shape index (κ1) is 17.7. The third-order valence-electron chi connectivity index (χ3n) is 3.14. The molecule has 130 valence electrons. The van der Waals surface area contributed by atoms with E-state index in [-0.39, 0.29) is 30.3 Å². The largest absolute Gasteiger partial charge is 0.493 e. The molecule has 24 heavy (non-hydrogen) atoms. The molecule has 0 unspecified atom stereocenters. The average molecular weight is 342 g/mol. The number of hydrogen-bond donors (Lipinski definition) is 2. The minimum Gasteiger partial charge on any atom is -0.493 e. The van der Waals surface area contributed by atoms with Crippen LogP contribution in [0.4, 0.5) is 14.5 Å². The highest BCUT2D eigenvalue weighted by Crippen LogP contribution is 2.31. The number of carbonyl (C=O) groups is 2. The second-order valence-corrected chi connectivity index (χ2v) is 4.77. The Hall–Kier alpha value is -2.68. The van der Waals surface area contributed by atoms with Crippen LogP contribution in [0.3, 0.4) is 0 Å². The Balaban J connectivity index is 2.15. The number of anilines is 1. The number of aliphatic hydroxyl groups is 1. The molecule has 2 N–H and O–H groups in total. The Morgan fingerprint density at radius 1 is 1.29 bits per heavy atom. The molecule has 0 spiro atoms. The molecule has 1 heterocycles. The van der Waals surface area contributed by atoms with Gasteiger partial charge < -0.3 is 19.9 Å². The Labute approximate surface area is 136 Å². The van der Waals surface area contributed by atoms with Crippen molar-refractivity contribution in [1.82, 2.24) is 4.90 Å². The fraction of sp³-hybridized carbons (Fsp3) is 0.333. The lowest BCUT2D eigenvalue weighted by atomic mass is 10.2. The molecule has 0 aliphatic carbocycles. The number of halogens is 2. The SMILES string of the molecule is COc1ccc(NC2=CC(=O)N(CCO)C2=O)cc1OCC(F)F. The molecule has 9 heteroatoms. The quantitative estimate of drug-likeness (QED) is 0.685. The number of rotatable bonds is 8. The van der Waals surface area contributed by atoms with Crippen molar-refractivity contribution in [2.75, 3.05) is 32.2 Å². The standard InChI is InChI=1S/C15H16F2N2O5/c1-23-11-3-2-9(6-12(11)24-8-13(16)17)18-10-7-14(21)19(4-5-20)15(10)22/h2-3,6-7,13,18,20H,4-5,8H2,1H3. The highest BCUT2D eigenvalue weighted by molar-refractivity contribution is 6.17. The van der Waals surface area contributed by atoms with E-state index in [9.17, 15) is 18.4 Å². The summed E-state index contributed by atoms with van der Waals surface area (Å²) in [6.07, 6.45) is -1.54. The third-order valence-corrected chi connectivity index (χ3v) is 3.14. The van der Waals surface area contributed by atoms with Gasteiger partial charge in [0.25, 0.3) is 18.2 Å². The van der Waals surface area contributed by atoms with Crippen LogP contribution in [0, 0.1) is 0 Å². The molecule has 0 saturated carbocycles. The number of aliphatic hydroxyl groups excluding tert-OH is 1. The second-order valence-electron chi connectivity index (χ2n) is 4.77. The molecule has 2 amide bonds. The van der Waals surface area contributed by atoms with Gasteiger partial charge >= 0.3 is 0 Å². The predicted molar refractivity (Wildman–Crippen MR) is 80.0 cm³/mol. The van der Waals surface area contributed by atoms with E-state index in [1.165, 1.54) is 19.2 Å². The van der Waals surface area contributed by atoms with Gasteiger partial charge in [-0.3, -0.25) is 14.5 Å². The first-order valence-electron chi connectivity index (χ1n) is 7.00. The van der Waals surface area contributed by atoms with E-state index in [0.717, 1.165) is 11.0 Å². The summed E-state index contributed by atoms with van der Waals surface area (Å²) in [5.74, 6) is -0.794. The summed E-state index contributed by atoms with van der Waals surface area (Å²) >= 11 is 0. The van der Waals surface area contributed by atoms with Crippen LogP contribution in [-0.4, -0.2) is 55.1 Å². The summed E-state index contributed by atoms with van der Waals surface area (Å²) in [5, 5.41) is 11.6. The van der Waals surface area contributed by atoms with Crippen molar-refractivity contribution in [1.29, 1.82) is 0 Å². The fourth-order valence-corrected chi connectivity index (χ4v) is 2.09. The number of β-amino-alcohol motifs (C(OH)–C–C–N with tert-alkyl or cyclic N) is 1. The monoisotopic (exact) mass is 342 g/mol. The number of methoxy groups -OCH3 is 1. The Morgan fingerprint density at radius 2 is 2.04 bits per heavy atom. The lowest BCUT2D eigenvalue weighted by Crippen LogP contribution is -2.34. The van der Waals surface area contributed by atoms with Gasteiger partial charge in [-0.1, -0.05) is 0 Å². The maximum Gasteiger partial charge on any atom is 0.277 e. The van der Waals surface area contributed by atoms with Gasteiger partial charge in [-0.15, -0.1) is 0 Å². The van der Waals surface area contributed by atoms with Crippen molar-refractivity contribution in [3.63, 3.8) is 0 Å². The summed E-state index contributed by atoms with van der Waals surface area (Å²) in [6.45, 7) is -1.25. The van der Waals surface area contributed by atoms with E-state index in [0.29, 0.717) is 5.69 Å². The fourth-order valence-electron chi connectivity index (χ4n) is 2.09. The first-order valence-corrected chi connectivity index (χ1v) is 7.00. The van der Waals surface area contributed by atoms with E-state index in [1.807, 2.05) is 0 Å². The van der Waals surface area contributed by atoms with Crippen LogP contribution in [0.1, 0.15) is 0 Å². The number of nitrogens with zero attached hydrogens (tertiary/aromatic N) is 1. The number of imide groups is 1. The van der Waals surface area contributed by atoms with Gasteiger partial charge in [0.2, 0.25) is 0 Å². The van der Waals surface area contributed by atoms with Crippen molar-refractivity contribution in [2.24, 2.45) is 0 Å². The molecule has 0 radical (unpaired) electrons. The number of hydrogen-bond acceptors (Lipinski definition) is 6. The molecule has 0 atom stereocenters. The van der Waals surface area contributed by atoms with E-state index < -0.39 is 24.8 Å². The maximum atomic E-state index is 12.3. The van der Waals surface area contributed by atoms with Gasteiger partial charge in [0.15, 0.2) is 11.5 Å². The van der Waals surface area contributed by atoms with Crippen LogP contribution >= 0.6 is 0 Å². The summed E-state index contributed by atoms with van der Waals surface area (Å²) in [5.41, 5.74) is 0.372. The number of benzene rings is 1. The molecular weight excluding hydrogens is 326 g/mol. The summed E-state index contributed by atoms with van der Waals surface area (Å²) < 4.78 is 34.6. The molecule has 0 bridgehead atoms. The Morgan fingerprint density at radius 3 is 2.67 bits per heavy atom. The van der Waals surface area contributed by atoms with Gasteiger partial charge in [0.05, 0.1) is 20.3 Å². The minimum atomic E-state index is -2.64. The minimum absolute atomic E-state index is 0.0124. The number of ether oxygens (including phenoxy) is 2. The van der Waals surface area contributed by atoms with E-state index in [4.69, 9.17) is 14.6 Å². The molecule has 1 aliphatic rings. The van der Waals surface area contributed by atoms with Crippen molar-refractivity contribution in [3.8, 4) is 11.5 Å². The highest BCUT2D eigenvalue weighted by atomic mass is 19.3. The van der Waals surface area contributed by atoms with E-state index in [1.54, 1.807) is 6.07 Å². The third kappa shape index (κ3) is 3.99. The molecule has 1 aromatic carbocycles. The van der Waals surface area contributed by atoms with Crippen LogP contribution in [0.15, 0.2) is 30.0 Å². The molecular formula is C15H16F2N2O5. The van der Waals surface area contributed by atoms with Crippen LogP contribution in [0.2, 0.25) is 0 Å². The molecule has 0 aromatic heterocycles.